The van der Waals surface area contributed by atoms with E-state index in [0.717, 1.165) is 40.9 Å². The van der Waals surface area contributed by atoms with E-state index in [1.807, 2.05) is 36.4 Å². The number of hydrogen-bond donors (Lipinski definition) is 2. The fraction of sp³-hybridized carbons (Fsp3) is 0.185. The number of carbonyl (C=O) groups excluding carboxylic acids is 1. The Morgan fingerprint density at radius 3 is 2.40 bits per heavy atom. The summed E-state index contributed by atoms with van der Waals surface area (Å²) in [5.74, 6) is 1.28. The largest absolute Gasteiger partial charge is 0.454 e. The third kappa shape index (κ3) is 4.43. The van der Waals surface area contributed by atoms with Crippen molar-refractivity contribution in [2.75, 3.05) is 48.6 Å². The van der Waals surface area contributed by atoms with E-state index >= 15 is 0 Å². The van der Waals surface area contributed by atoms with E-state index in [1.165, 1.54) is 0 Å². The monoisotopic (exact) mass is 468 g/mol. The van der Waals surface area contributed by atoms with E-state index < -0.39 is 0 Å². The average molecular weight is 469 g/mol. The minimum atomic E-state index is -0.343. The van der Waals surface area contributed by atoms with Gasteiger partial charge < -0.3 is 29.7 Å². The maximum atomic E-state index is 12.7. The highest BCUT2D eigenvalue weighted by molar-refractivity contribution is 6.03. The number of rotatable bonds is 4. The first-order chi connectivity index (χ1) is 17.2. The second-order valence-corrected chi connectivity index (χ2v) is 8.37. The van der Waals surface area contributed by atoms with E-state index in [9.17, 15) is 4.79 Å². The Morgan fingerprint density at radius 1 is 0.829 bits per heavy atom. The molecule has 0 radical (unpaired) electrons. The van der Waals surface area contributed by atoms with Crippen molar-refractivity contribution in [1.82, 2.24) is 4.98 Å². The third-order valence-electron chi connectivity index (χ3n) is 6.10. The molecular weight excluding hydrogens is 444 g/mol. The molecule has 8 heteroatoms. The van der Waals surface area contributed by atoms with Crippen molar-refractivity contribution in [1.29, 1.82) is 0 Å². The van der Waals surface area contributed by atoms with Gasteiger partial charge in [0.05, 0.1) is 24.4 Å². The van der Waals surface area contributed by atoms with Crippen LogP contribution in [0.5, 0.6) is 11.5 Å². The molecule has 1 saturated heterocycles. The molecule has 0 aliphatic carbocycles. The predicted molar refractivity (Wildman–Crippen MR) is 135 cm³/mol. The molecule has 1 fully saturated rings. The predicted octanol–water partition coefficient (Wildman–Crippen LogP) is 5.11. The second-order valence-electron chi connectivity index (χ2n) is 8.37. The lowest BCUT2D eigenvalue weighted by Gasteiger charge is -2.30. The van der Waals surface area contributed by atoms with Crippen LogP contribution in [0.25, 0.3) is 22.2 Å². The highest BCUT2D eigenvalue weighted by atomic mass is 16.7. The van der Waals surface area contributed by atoms with E-state index in [-0.39, 0.29) is 12.8 Å². The minimum Gasteiger partial charge on any atom is -0.454 e. The van der Waals surface area contributed by atoms with Crippen LogP contribution in [0.2, 0.25) is 0 Å². The Morgan fingerprint density at radius 2 is 1.57 bits per heavy atom. The highest BCUT2D eigenvalue weighted by Gasteiger charge is 2.18. The number of pyridine rings is 1. The van der Waals surface area contributed by atoms with Crippen molar-refractivity contribution in [2.24, 2.45) is 0 Å². The van der Waals surface area contributed by atoms with E-state index in [0.29, 0.717) is 36.1 Å². The van der Waals surface area contributed by atoms with E-state index in [2.05, 4.69) is 33.7 Å². The first-order valence-corrected chi connectivity index (χ1v) is 11.5. The summed E-state index contributed by atoms with van der Waals surface area (Å²) in [5.41, 5.74) is 5.23. The fourth-order valence-electron chi connectivity index (χ4n) is 4.38. The fourth-order valence-corrected chi connectivity index (χ4v) is 4.38. The van der Waals surface area contributed by atoms with Crippen molar-refractivity contribution < 1.29 is 19.0 Å². The zero-order valence-corrected chi connectivity index (χ0v) is 19.0. The highest BCUT2D eigenvalue weighted by Crippen LogP contribution is 2.35. The molecule has 35 heavy (non-hydrogen) atoms. The summed E-state index contributed by atoms with van der Waals surface area (Å²) in [7, 11) is 0. The number of anilines is 3. The first-order valence-electron chi connectivity index (χ1n) is 11.5. The van der Waals surface area contributed by atoms with Gasteiger partial charge in [0.2, 0.25) is 6.79 Å². The summed E-state index contributed by atoms with van der Waals surface area (Å²) in [6, 6.07) is 23.0. The number of nitrogens with zero attached hydrogens (tertiary/aromatic N) is 2. The quantitative estimate of drug-likeness (QED) is 0.433. The topological polar surface area (TPSA) is 85.0 Å². The molecule has 176 valence electrons. The van der Waals surface area contributed by atoms with Gasteiger partial charge in [0, 0.05) is 47.2 Å². The summed E-state index contributed by atoms with van der Waals surface area (Å²) in [5, 5.41) is 6.76. The maximum Gasteiger partial charge on any atom is 0.323 e. The van der Waals surface area contributed by atoms with Gasteiger partial charge in [0.25, 0.3) is 0 Å². The molecule has 0 atom stereocenters. The Balaban J connectivity index is 1.30. The molecule has 6 rings (SSSR count). The average Bonchev–Trinajstić information content (AvgIpc) is 3.37. The molecule has 2 aliphatic rings. The lowest BCUT2D eigenvalue weighted by Crippen LogP contribution is -2.36. The number of benzene rings is 3. The number of aromatic nitrogens is 1. The van der Waals surface area contributed by atoms with Crippen LogP contribution in [0.3, 0.4) is 0 Å². The second kappa shape index (κ2) is 9.15. The number of fused-ring (bicyclic) bond motifs is 2. The Labute approximate surface area is 202 Å². The zero-order valence-electron chi connectivity index (χ0n) is 19.0. The first kappa shape index (κ1) is 21.2. The molecule has 2 amide bonds. The number of ether oxygens (including phenoxy) is 3. The van der Waals surface area contributed by atoms with Crippen LogP contribution in [0.1, 0.15) is 0 Å². The van der Waals surface area contributed by atoms with Crippen molar-refractivity contribution in [3.63, 3.8) is 0 Å². The summed E-state index contributed by atoms with van der Waals surface area (Å²) in [6.45, 7) is 3.15. The lowest BCUT2D eigenvalue weighted by atomic mass is 10.1. The molecule has 0 unspecified atom stereocenters. The smallest absolute Gasteiger partial charge is 0.323 e. The molecule has 0 saturated carbocycles. The van der Waals surface area contributed by atoms with Crippen LogP contribution in [-0.2, 0) is 4.74 Å². The normalized spacial score (nSPS) is 14.7. The van der Waals surface area contributed by atoms with Crippen LogP contribution in [0.4, 0.5) is 21.9 Å². The van der Waals surface area contributed by atoms with Gasteiger partial charge >= 0.3 is 6.03 Å². The van der Waals surface area contributed by atoms with E-state index in [4.69, 9.17) is 19.2 Å². The van der Waals surface area contributed by atoms with Crippen LogP contribution >= 0.6 is 0 Å². The van der Waals surface area contributed by atoms with Gasteiger partial charge in [0.1, 0.15) is 0 Å². The van der Waals surface area contributed by atoms with Crippen molar-refractivity contribution in [2.45, 2.75) is 0 Å². The molecule has 3 aromatic carbocycles. The number of hydrogen-bond acceptors (Lipinski definition) is 6. The Kier molecular flexibility index (Phi) is 5.56. The van der Waals surface area contributed by atoms with Gasteiger partial charge in [-0.25, -0.2) is 9.78 Å². The van der Waals surface area contributed by atoms with Gasteiger partial charge in [-0.3, -0.25) is 0 Å². The Bertz CT molecular complexity index is 1390. The van der Waals surface area contributed by atoms with Gasteiger partial charge in [0.15, 0.2) is 11.5 Å². The summed E-state index contributed by atoms with van der Waals surface area (Å²) >= 11 is 0. The molecule has 8 nitrogen and oxygen atoms in total. The van der Waals surface area contributed by atoms with Crippen LogP contribution in [-0.4, -0.2) is 44.1 Å². The maximum absolute atomic E-state index is 12.7. The lowest BCUT2D eigenvalue weighted by molar-refractivity contribution is 0.123. The van der Waals surface area contributed by atoms with Crippen molar-refractivity contribution in [3.8, 4) is 22.8 Å². The van der Waals surface area contributed by atoms with Gasteiger partial charge in [-0.2, -0.15) is 0 Å². The number of morpholine rings is 1. The zero-order chi connectivity index (χ0) is 23.6. The molecule has 2 aliphatic heterocycles. The SMILES string of the molecule is O=C(Nc1ccc2c(c1)OCO2)Nc1ccc2nc(-c3ccccc3)cc(N3CCOCC3)c2c1. The summed E-state index contributed by atoms with van der Waals surface area (Å²) in [6.07, 6.45) is 0. The van der Waals surface area contributed by atoms with Crippen LogP contribution < -0.4 is 25.0 Å². The summed E-state index contributed by atoms with van der Waals surface area (Å²) in [4.78, 5) is 19.9. The molecule has 0 bridgehead atoms. The van der Waals surface area contributed by atoms with Gasteiger partial charge in [-0.15, -0.1) is 0 Å². The Hall–Kier alpha value is -4.30. The molecule has 0 spiro atoms. The minimum absolute atomic E-state index is 0.188. The van der Waals surface area contributed by atoms with Crippen molar-refractivity contribution >= 4 is 34.0 Å². The molecule has 2 N–H and O–H groups in total. The standard InChI is InChI=1S/C27H24N4O4/c32-27(29-20-7-9-25-26(15-20)35-17-34-25)28-19-6-8-22-21(14-19)24(31-10-12-33-13-11-31)16-23(30-22)18-4-2-1-3-5-18/h1-9,14-16H,10-13,17H2,(H2,28,29,32). The van der Waals surface area contributed by atoms with Crippen LogP contribution in [0, 0.1) is 0 Å². The van der Waals surface area contributed by atoms with E-state index in [1.54, 1.807) is 18.2 Å². The molecular formula is C27H24N4O4. The van der Waals surface area contributed by atoms with Crippen LogP contribution in [0.15, 0.2) is 72.8 Å². The van der Waals surface area contributed by atoms with Gasteiger partial charge in [-0.1, -0.05) is 30.3 Å². The van der Waals surface area contributed by atoms with Crippen molar-refractivity contribution in [3.05, 3.63) is 72.8 Å². The molecule has 1 aromatic heterocycles. The number of urea groups is 1. The molecule has 3 heterocycles. The summed E-state index contributed by atoms with van der Waals surface area (Å²) < 4.78 is 16.3. The number of amides is 2. The third-order valence-corrected chi connectivity index (χ3v) is 6.10. The molecule has 4 aromatic rings. The number of nitrogens with one attached hydrogen (secondary N) is 2. The van der Waals surface area contributed by atoms with Gasteiger partial charge in [-0.05, 0) is 36.4 Å². The number of carbonyl (C=O) groups is 1.